The number of halogens is 5. The average molecular weight is 506 g/mol. The van der Waals surface area contributed by atoms with Gasteiger partial charge in [0.15, 0.2) is 11.5 Å². The Bertz CT molecular complexity index is 1500. The van der Waals surface area contributed by atoms with Crippen LogP contribution in [0, 0.1) is 11.6 Å². The first kappa shape index (κ1) is 22.8. The fraction of sp³-hybridized carbons (Fsp3) is 0.391. The number of alkyl halides is 3. The number of rotatable bonds is 3. The van der Waals surface area contributed by atoms with Crippen molar-refractivity contribution in [2.45, 2.75) is 56.6 Å². The summed E-state index contributed by atoms with van der Waals surface area (Å²) in [5, 5.41) is 14.3. The lowest BCUT2D eigenvalue weighted by atomic mass is 9.99. The maximum atomic E-state index is 14.2. The third kappa shape index (κ3) is 3.69. The number of imidazole rings is 1. The molecule has 36 heavy (non-hydrogen) atoms. The molecule has 2 saturated heterocycles. The summed E-state index contributed by atoms with van der Waals surface area (Å²) in [6, 6.07) is 1.61. The van der Waals surface area contributed by atoms with Gasteiger partial charge in [-0.3, -0.25) is 18.9 Å². The van der Waals surface area contributed by atoms with E-state index >= 15 is 0 Å². The first-order chi connectivity index (χ1) is 17.1. The highest BCUT2D eigenvalue weighted by Gasteiger charge is 2.43. The van der Waals surface area contributed by atoms with Crippen molar-refractivity contribution in [1.29, 1.82) is 0 Å². The molecule has 0 radical (unpaired) electrons. The van der Waals surface area contributed by atoms with E-state index in [1.165, 1.54) is 18.5 Å². The summed E-state index contributed by atoms with van der Waals surface area (Å²) < 4.78 is 70.0. The van der Waals surface area contributed by atoms with Gasteiger partial charge in [0.05, 0.1) is 23.5 Å². The molecular weight excluding hydrogens is 487 g/mol. The van der Waals surface area contributed by atoms with Gasteiger partial charge >= 0.3 is 6.18 Å². The van der Waals surface area contributed by atoms with Crippen LogP contribution in [-0.2, 0) is 6.54 Å². The van der Waals surface area contributed by atoms with E-state index in [0.717, 1.165) is 23.4 Å². The summed E-state index contributed by atoms with van der Waals surface area (Å²) in [6.45, 7) is -1.44. The van der Waals surface area contributed by atoms with Crippen molar-refractivity contribution in [2.24, 2.45) is 0 Å². The third-order valence-electron chi connectivity index (χ3n) is 6.90. The monoisotopic (exact) mass is 506 g/mol. The van der Waals surface area contributed by atoms with E-state index in [4.69, 9.17) is 0 Å². The van der Waals surface area contributed by atoms with Crippen LogP contribution < -0.4 is 0 Å². The molecule has 1 N–H and O–H groups in total. The van der Waals surface area contributed by atoms with Gasteiger partial charge < -0.3 is 10.0 Å². The normalized spacial score (nSPS) is 22.2. The number of amides is 1. The molecule has 2 unspecified atom stereocenters. The van der Waals surface area contributed by atoms with Crippen LogP contribution in [-0.4, -0.2) is 64.4 Å². The van der Waals surface area contributed by atoms with Gasteiger partial charge in [-0.25, -0.2) is 13.8 Å². The first-order valence-corrected chi connectivity index (χ1v) is 11.4. The molecule has 188 valence electrons. The van der Waals surface area contributed by atoms with E-state index < -0.39 is 36.4 Å². The predicted molar refractivity (Wildman–Crippen MR) is 116 cm³/mol. The maximum absolute atomic E-state index is 14.2. The zero-order valence-corrected chi connectivity index (χ0v) is 18.6. The minimum Gasteiger partial charge on any atom is -0.393 e. The molecule has 4 aromatic heterocycles. The van der Waals surface area contributed by atoms with Gasteiger partial charge in [0.25, 0.3) is 5.91 Å². The topological polar surface area (TPSA) is 88.6 Å². The highest BCUT2D eigenvalue weighted by molar-refractivity contribution is 5.99. The highest BCUT2D eigenvalue weighted by atomic mass is 19.4. The summed E-state index contributed by atoms with van der Waals surface area (Å²) in [4.78, 5) is 23.1. The Morgan fingerprint density at radius 2 is 1.81 bits per heavy atom. The lowest BCUT2D eigenvalue weighted by molar-refractivity contribution is -0.141. The van der Waals surface area contributed by atoms with E-state index in [9.17, 15) is 31.9 Å². The molecular formula is C23H19F5N6O2. The van der Waals surface area contributed by atoms with Crippen LogP contribution in [0.25, 0.3) is 27.9 Å². The molecule has 2 fully saturated rings. The van der Waals surface area contributed by atoms with Gasteiger partial charge in [0.1, 0.15) is 23.7 Å². The summed E-state index contributed by atoms with van der Waals surface area (Å²) in [5.41, 5.74) is -0.206. The maximum Gasteiger partial charge on any atom is 0.408 e. The minimum atomic E-state index is -4.62. The van der Waals surface area contributed by atoms with Crippen LogP contribution in [0.5, 0.6) is 0 Å². The number of piperidine rings is 1. The first-order valence-electron chi connectivity index (χ1n) is 11.4. The van der Waals surface area contributed by atoms with E-state index in [0.29, 0.717) is 23.6 Å². The standard InChI is InChI=1S/C23H19F5N6O2/c24-11-3-16(25)21-30-8-19(32(21)9-11)20-15-7-29-17(6-18(15)33(31-20)10-23(26,27)28)22(36)34-12-1-2-13(34)5-14(35)4-12/h3,6-9,12-14,35H,1-2,4-5,10H2. The molecule has 6 rings (SSSR count). The quantitative estimate of drug-likeness (QED) is 0.428. The van der Waals surface area contributed by atoms with E-state index in [-0.39, 0.29) is 45.7 Å². The molecule has 0 saturated carbocycles. The van der Waals surface area contributed by atoms with Crippen molar-refractivity contribution < 1.29 is 31.9 Å². The molecule has 2 aliphatic rings. The molecule has 4 aromatic rings. The number of aromatic nitrogens is 5. The van der Waals surface area contributed by atoms with Gasteiger partial charge in [0.2, 0.25) is 0 Å². The second-order valence-electron chi connectivity index (χ2n) is 9.27. The van der Waals surface area contributed by atoms with Gasteiger partial charge in [-0.2, -0.15) is 18.3 Å². The molecule has 2 atom stereocenters. The molecule has 1 amide bonds. The van der Waals surface area contributed by atoms with Gasteiger partial charge in [-0.15, -0.1) is 0 Å². The van der Waals surface area contributed by atoms with Crippen LogP contribution in [0.2, 0.25) is 0 Å². The van der Waals surface area contributed by atoms with Crippen molar-refractivity contribution in [3.05, 3.63) is 48.1 Å². The zero-order valence-electron chi connectivity index (χ0n) is 18.6. The largest absolute Gasteiger partial charge is 0.408 e. The van der Waals surface area contributed by atoms with Gasteiger partial charge in [-0.1, -0.05) is 0 Å². The zero-order chi connectivity index (χ0) is 25.4. The van der Waals surface area contributed by atoms with Crippen molar-refractivity contribution in [1.82, 2.24) is 29.0 Å². The van der Waals surface area contributed by atoms with Crippen LogP contribution in [0.4, 0.5) is 22.0 Å². The fourth-order valence-electron chi connectivity index (χ4n) is 5.47. The third-order valence-corrected chi connectivity index (χ3v) is 6.90. The Morgan fingerprint density at radius 3 is 2.50 bits per heavy atom. The number of hydrogen-bond acceptors (Lipinski definition) is 5. The van der Waals surface area contributed by atoms with Crippen LogP contribution >= 0.6 is 0 Å². The summed E-state index contributed by atoms with van der Waals surface area (Å²) in [5.74, 6) is -2.25. The second-order valence-corrected chi connectivity index (χ2v) is 9.27. The minimum absolute atomic E-state index is 0.00288. The molecule has 2 bridgehead atoms. The van der Waals surface area contributed by atoms with Crippen LogP contribution in [0.3, 0.4) is 0 Å². The van der Waals surface area contributed by atoms with E-state index in [1.54, 1.807) is 4.90 Å². The number of hydrogen-bond donors (Lipinski definition) is 1. The number of nitrogens with zero attached hydrogens (tertiary/aromatic N) is 6. The summed E-state index contributed by atoms with van der Waals surface area (Å²) >= 11 is 0. The lowest BCUT2D eigenvalue weighted by Crippen LogP contribution is -2.48. The lowest BCUT2D eigenvalue weighted by Gasteiger charge is -2.37. The van der Waals surface area contributed by atoms with Crippen LogP contribution in [0.1, 0.15) is 36.2 Å². The summed E-state index contributed by atoms with van der Waals surface area (Å²) in [7, 11) is 0. The SMILES string of the molecule is O=C(c1cc2c(cn1)c(-c1cnc3c(F)cc(F)cn13)nn2CC(F)(F)F)N1C2CCC1CC(O)C2. The van der Waals surface area contributed by atoms with Gasteiger partial charge in [0, 0.05) is 35.9 Å². The summed E-state index contributed by atoms with van der Waals surface area (Å²) in [6.07, 6.45) is 0.661. The Hall–Kier alpha value is -3.61. The Balaban J connectivity index is 1.48. The highest BCUT2D eigenvalue weighted by Crippen LogP contribution is 2.37. The molecule has 8 nitrogen and oxygen atoms in total. The second kappa shape index (κ2) is 7.95. The number of carbonyl (C=O) groups excluding carboxylic acids is 1. The number of aliphatic hydroxyl groups is 1. The van der Waals surface area contributed by atoms with Crippen molar-refractivity contribution in [2.75, 3.05) is 0 Å². The van der Waals surface area contributed by atoms with Crippen LogP contribution in [0.15, 0.2) is 30.7 Å². The van der Waals surface area contributed by atoms with Gasteiger partial charge in [-0.05, 0) is 31.7 Å². The predicted octanol–water partition coefficient (Wildman–Crippen LogP) is 3.71. The molecule has 2 aliphatic heterocycles. The molecule has 6 heterocycles. The molecule has 0 spiro atoms. The molecule has 13 heteroatoms. The van der Waals surface area contributed by atoms with Crippen molar-refractivity contribution >= 4 is 22.5 Å². The van der Waals surface area contributed by atoms with E-state index in [1.807, 2.05) is 0 Å². The Kier molecular flexibility index (Phi) is 5.04. The number of pyridine rings is 2. The smallest absolute Gasteiger partial charge is 0.393 e. The fourth-order valence-corrected chi connectivity index (χ4v) is 5.47. The van der Waals surface area contributed by atoms with E-state index in [2.05, 4.69) is 15.1 Å². The number of fused-ring (bicyclic) bond motifs is 4. The van der Waals surface area contributed by atoms with Crippen molar-refractivity contribution in [3.63, 3.8) is 0 Å². The number of carbonyl (C=O) groups is 1. The number of aliphatic hydroxyl groups excluding tert-OH is 1. The Labute approximate surface area is 200 Å². The Morgan fingerprint density at radius 1 is 1.08 bits per heavy atom. The average Bonchev–Trinajstić information content (AvgIpc) is 3.44. The van der Waals surface area contributed by atoms with Crippen molar-refractivity contribution in [3.8, 4) is 11.4 Å². The molecule has 0 aliphatic carbocycles. The molecule has 0 aromatic carbocycles.